The molecule has 0 radical (unpaired) electrons. The van der Waals surface area contributed by atoms with Crippen LogP contribution in [0.15, 0.2) is 11.6 Å². The lowest BCUT2D eigenvalue weighted by Gasteiger charge is -1.92. The zero-order valence-electron chi connectivity index (χ0n) is 6.70. The molecule has 0 aliphatic rings. The predicted octanol–water partition coefficient (Wildman–Crippen LogP) is -0.453. The molecular weight excluding hydrogens is 182 g/mol. The van der Waals surface area contributed by atoms with E-state index in [0.29, 0.717) is 0 Å². The highest BCUT2D eigenvalue weighted by molar-refractivity contribution is 7.10. The third-order valence-electron chi connectivity index (χ3n) is 0.796. The lowest BCUT2D eigenvalue weighted by molar-refractivity contribution is -0.385. The second-order valence-electron chi connectivity index (χ2n) is 1.51. The third kappa shape index (κ3) is 5.48. The Balaban J connectivity index is 0.000000217. The van der Waals surface area contributed by atoms with Crippen molar-refractivity contribution in [2.24, 2.45) is 0 Å². The number of rotatable bonds is 1. The monoisotopic (exact) mass is 191 g/mol. The molecule has 0 aliphatic heterocycles. The number of aromatic amines is 1. The summed E-state index contributed by atoms with van der Waals surface area (Å²) in [5.41, 5.74) is 0. The van der Waals surface area contributed by atoms with Crippen LogP contribution in [-0.4, -0.2) is 20.4 Å². The van der Waals surface area contributed by atoms with Gasteiger partial charge < -0.3 is 19.4 Å². The van der Waals surface area contributed by atoms with Crippen molar-refractivity contribution in [1.82, 2.24) is 0 Å². The topological polar surface area (TPSA) is 72.7 Å². The molecule has 0 unspecified atom stereocenters. The summed E-state index contributed by atoms with van der Waals surface area (Å²) in [7, 11) is 2.68. The van der Waals surface area contributed by atoms with E-state index in [-0.39, 0.29) is 0 Å². The molecule has 0 spiro atoms. The highest BCUT2D eigenvalue weighted by Crippen LogP contribution is 2.06. The van der Waals surface area contributed by atoms with Crippen LogP contribution in [0.4, 0.5) is 4.79 Å². The fourth-order valence-electron chi connectivity index (χ4n) is 0.339. The first-order valence-electron chi connectivity index (χ1n) is 2.94. The Hall–Kier alpha value is -1.30. The molecule has 0 atom stereocenters. The minimum absolute atomic E-state index is 0.847. The van der Waals surface area contributed by atoms with Gasteiger partial charge in [-0.15, -0.1) is 0 Å². The maximum atomic E-state index is 9.03. The van der Waals surface area contributed by atoms with E-state index in [1.165, 1.54) is 0 Å². The minimum atomic E-state index is -1.50. The molecule has 6 heteroatoms. The van der Waals surface area contributed by atoms with Crippen molar-refractivity contribution in [3.63, 3.8) is 0 Å². The van der Waals surface area contributed by atoms with E-state index >= 15 is 0 Å². The van der Waals surface area contributed by atoms with Gasteiger partial charge in [-0.3, -0.25) is 0 Å². The van der Waals surface area contributed by atoms with E-state index < -0.39 is 6.16 Å². The maximum absolute atomic E-state index is 9.03. The number of hydrogen-bond donors (Lipinski definition) is 0. The van der Waals surface area contributed by atoms with Gasteiger partial charge in [0.05, 0.1) is 12.5 Å². The van der Waals surface area contributed by atoms with Crippen LogP contribution in [0.2, 0.25) is 0 Å². The van der Waals surface area contributed by atoms with Crippen LogP contribution < -0.4 is 14.8 Å². The number of carbonyl (C=O) groups is 1. The van der Waals surface area contributed by atoms with Crippen molar-refractivity contribution in [2.45, 2.75) is 0 Å². The van der Waals surface area contributed by atoms with Gasteiger partial charge in [0.2, 0.25) is 0 Å². The normalized spacial score (nSPS) is 7.83. The van der Waals surface area contributed by atoms with Gasteiger partial charge in [0.25, 0.3) is 6.16 Å². The lowest BCUT2D eigenvalue weighted by Crippen LogP contribution is -2.21. The van der Waals surface area contributed by atoms with Crippen molar-refractivity contribution < 1.29 is 24.4 Å². The summed E-state index contributed by atoms with van der Waals surface area (Å²) in [6.45, 7) is 0. The van der Waals surface area contributed by atoms with Gasteiger partial charge >= 0.3 is 5.19 Å². The molecule has 1 rings (SSSR count). The molecule has 0 amide bonds. The van der Waals surface area contributed by atoms with Crippen LogP contribution in [0.1, 0.15) is 0 Å². The number of aromatic nitrogens is 1. The van der Waals surface area contributed by atoms with Crippen LogP contribution in [0, 0.1) is 0 Å². The maximum Gasteiger partial charge on any atom is 0.428 e. The van der Waals surface area contributed by atoms with E-state index in [4.69, 9.17) is 14.6 Å². The van der Waals surface area contributed by atoms with Gasteiger partial charge in [-0.05, 0) is 11.3 Å². The second kappa shape index (κ2) is 6.41. The Morgan fingerprint density at radius 1 is 1.67 bits per heavy atom. The minimum Gasteiger partial charge on any atom is -0.553 e. The average Bonchev–Trinajstić information content (AvgIpc) is 2.57. The summed E-state index contributed by atoms with van der Waals surface area (Å²) in [6.07, 6.45) is 0.341. The van der Waals surface area contributed by atoms with E-state index in [2.05, 4.69) is 9.72 Å². The number of hydrogen-bond acceptors (Lipinski definition) is 5. The summed E-state index contributed by atoms with van der Waals surface area (Å²) in [5, 5.41) is 11.8. The van der Waals surface area contributed by atoms with Crippen molar-refractivity contribution in [3.05, 3.63) is 11.6 Å². The average molecular weight is 191 g/mol. The molecule has 0 aliphatic carbocycles. The van der Waals surface area contributed by atoms with Crippen molar-refractivity contribution >= 4 is 17.5 Å². The molecule has 1 aromatic rings. The van der Waals surface area contributed by atoms with E-state index in [1.807, 2.05) is 11.6 Å². The number of carboxylic acid groups (broad SMARTS) is 1. The van der Waals surface area contributed by atoms with Crippen LogP contribution in [0.3, 0.4) is 0 Å². The van der Waals surface area contributed by atoms with Crippen LogP contribution in [-0.2, 0) is 4.74 Å². The van der Waals surface area contributed by atoms with Gasteiger partial charge in [0.15, 0.2) is 6.20 Å². The standard InChI is InChI=1S/C4H5NOS.C2H4O3/c1-6-4-5-2-3-7-4;1-5-2(3)4/h2-3H,1H3;1H3,(H,3,4). The highest BCUT2D eigenvalue weighted by atomic mass is 32.1. The Labute approximate surface area is 73.6 Å². The van der Waals surface area contributed by atoms with Crippen molar-refractivity contribution in [1.29, 1.82) is 0 Å². The first-order valence-corrected chi connectivity index (χ1v) is 3.82. The van der Waals surface area contributed by atoms with Gasteiger partial charge in [0.1, 0.15) is 0 Å². The van der Waals surface area contributed by atoms with Crippen LogP contribution in [0.5, 0.6) is 5.19 Å². The molecule has 68 valence electrons. The fourth-order valence-corrected chi connectivity index (χ4v) is 0.831. The first kappa shape index (κ1) is 10.7. The Morgan fingerprint density at radius 3 is 2.42 bits per heavy atom. The summed E-state index contributed by atoms with van der Waals surface area (Å²) in [4.78, 5) is 11.9. The third-order valence-corrected chi connectivity index (χ3v) is 1.57. The zero-order valence-corrected chi connectivity index (χ0v) is 7.51. The molecule has 1 N–H and O–H groups in total. The summed E-state index contributed by atoms with van der Waals surface area (Å²) in [6, 6.07) is 0. The Morgan fingerprint density at radius 2 is 2.25 bits per heavy atom. The summed E-state index contributed by atoms with van der Waals surface area (Å²) in [5.74, 6) is 0. The van der Waals surface area contributed by atoms with Crippen LogP contribution >= 0.6 is 11.3 Å². The van der Waals surface area contributed by atoms with Crippen LogP contribution in [0.25, 0.3) is 0 Å². The largest absolute Gasteiger partial charge is 0.553 e. The number of methoxy groups -OCH3 is 2. The zero-order chi connectivity index (χ0) is 9.40. The fraction of sp³-hybridized carbons (Fsp3) is 0.333. The van der Waals surface area contributed by atoms with E-state index in [1.54, 1.807) is 18.4 Å². The molecule has 12 heavy (non-hydrogen) atoms. The highest BCUT2D eigenvalue weighted by Gasteiger charge is 1.94. The van der Waals surface area contributed by atoms with Crippen molar-refractivity contribution in [3.8, 4) is 5.19 Å². The molecule has 0 saturated carbocycles. The molecule has 0 aromatic carbocycles. The molecular formula is C6H9NO4S. The van der Waals surface area contributed by atoms with Gasteiger partial charge in [0, 0.05) is 7.11 Å². The number of nitrogens with one attached hydrogen (secondary N) is 1. The quantitative estimate of drug-likeness (QED) is 0.563. The number of ether oxygens (including phenoxy) is 2. The van der Waals surface area contributed by atoms with Gasteiger partial charge in [-0.25, -0.2) is 0 Å². The summed E-state index contributed by atoms with van der Waals surface area (Å²) < 4.78 is 8.37. The second-order valence-corrected chi connectivity index (χ2v) is 2.39. The molecule has 0 saturated heterocycles. The molecule has 1 heterocycles. The number of thiazole rings is 1. The molecule has 5 nitrogen and oxygen atoms in total. The Bertz CT molecular complexity index is 211. The number of carbonyl (C=O) groups excluding carboxylic acids is 1. The lowest BCUT2D eigenvalue weighted by atomic mass is 11.0. The first-order chi connectivity index (χ1) is 5.70. The van der Waals surface area contributed by atoms with Gasteiger partial charge in [-0.1, -0.05) is 0 Å². The molecule has 0 bridgehead atoms. The SMILES string of the molecule is COC(=O)[O-].COc1[nH+]ccs1. The van der Waals surface area contributed by atoms with Gasteiger partial charge in [-0.2, -0.15) is 4.98 Å². The smallest absolute Gasteiger partial charge is 0.428 e. The summed E-state index contributed by atoms with van der Waals surface area (Å²) >= 11 is 1.55. The number of H-pyrrole nitrogens is 1. The molecule has 1 aromatic heterocycles. The Kier molecular flexibility index (Phi) is 5.72. The van der Waals surface area contributed by atoms with E-state index in [9.17, 15) is 0 Å². The van der Waals surface area contributed by atoms with Crippen molar-refractivity contribution in [2.75, 3.05) is 14.2 Å². The predicted molar refractivity (Wildman–Crippen MR) is 39.8 cm³/mol. The molecule has 0 fully saturated rings. The van der Waals surface area contributed by atoms with E-state index in [0.717, 1.165) is 12.3 Å².